The molecule has 3 aromatic rings. The number of carboxylic acids is 1. The Hall–Kier alpha value is -4.83. The maximum absolute atomic E-state index is 14.5. The monoisotopic (exact) mass is 719 g/mol. The number of fused-ring (bicyclic) bond motifs is 2. The summed E-state index contributed by atoms with van der Waals surface area (Å²) < 4.78 is 16.2. The van der Waals surface area contributed by atoms with Crippen molar-refractivity contribution < 1.29 is 38.5 Å². The molecule has 2 aromatic heterocycles. The van der Waals surface area contributed by atoms with Crippen LogP contribution in [0.4, 0.5) is 4.79 Å². The third kappa shape index (κ3) is 7.33. The summed E-state index contributed by atoms with van der Waals surface area (Å²) >= 11 is 1.41. The molecule has 5 heterocycles. The Bertz CT molecular complexity index is 1770. The van der Waals surface area contributed by atoms with Crippen molar-refractivity contribution in [2.75, 3.05) is 26.9 Å². The number of nitrogens with zero attached hydrogens (tertiary/aromatic N) is 5. The van der Waals surface area contributed by atoms with Gasteiger partial charge in [-0.3, -0.25) is 9.59 Å². The number of carbonyl (C=O) groups is 4. The van der Waals surface area contributed by atoms with E-state index in [-0.39, 0.29) is 25.3 Å². The van der Waals surface area contributed by atoms with E-state index in [1.165, 1.54) is 21.0 Å². The Morgan fingerprint density at radius 1 is 1.12 bits per heavy atom. The molecule has 4 aliphatic rings. The van der Waals surface area contributed by atoms with Gasteiger partial charge in [-0.1, -0.05) is 25.0 Å². The standard InChI is InChI=1S/C35H41N7O8S/c1-48-24-11-9-21(10-12-24)28-29(31-36-14-16-51-31)40-42(39-28)23-17-27-30(43)38-35(33(45)46)18-22(35)7-5-3-2-4-6-8-26(32(44)41(27)19-23)37-34(47)50-25-13-15-49-20-25/h5,7,9-12,14,16,22-23,25-27H,2-4,6,8,13,15,17-20H2,1H3,(H,37,47)(H,38,43)(H,45,46)/b7-5-/t22-,23+,25-,26-,27-,35+/m0/s1. The zero-order chi connectivity index (χ0) is 35.5. The van der Waals surface area contributed by atoms with Gasteiger partial charge in [0.05, 0.1) is 26.4 Å². The Balaban J connectivity index is 1.21. The van der Waals surface area contributed by atoms with E-state index in [0.717, 1.165) is 24.8 Å². The summed E-state index contributed by atoms with van der Waals surface area (Å²) in [5.41, 5.74) is 0.449. The van der Waals surface area contributed by atoms with E-state index < -0.39 is 53.6 Å². The number of carbonyl (C=O) groups excluding carboxylic acids is 3. The van der Waals surface area contributed by atoms with Gasteiger partial charge in [0, 0.05) is 42.4 Å². The van der Waals surface area contributed by atoms with E-state index in [4.69, 9.17) is 24.4 Å². The Kier molecular flexibility index (Phi) is 10.0. The molecule has 0 radical (unpaired) electrons. The van der Waals surface area contributed by atoms with Gasteiger partial charge in [0.15, 0.2) is 0 Å². The predicted molar refractivity (Wildman–Crippen MR) is 184 cm³/mol. The number of amides is 3. The molecule has 1 saturated carbocycles. The van der Waals surface area contributed by atoms with Gasteiger partial charge in [0.2, 0.25) is 11.8 Å². The molecule has 2 saturated heterocycles. The lowest BCUT2D eigenvalue weighted by Crippen LogP contribution is -2.56. The van der Waals surface area contributed by atoms with Crippen molar-refractivity contribution in [2.24, 2.45) is 5.92 Å². The lowest BCUT2D eigenvalue weighted by molar-refractivity contribution is -0.145. The molecule has 1 aliphatic carbocycles. The summed E-state index contributed by atoms with van der Waals surface area (Å²) in [6, 6.07) is 4.84. The summed E-state index contributed by atoms with van der Waals surface area (Å²) in [4.78, 5) is 61.5. The molecule has 270 valence electrons. The van der Waals surface area contributed by atoms with Crippen LogP contribution in [0.15, 0.2) is 48.0 Å². The summed E-state index contributed by atoms with van der Waals surface area (Å²) in [7, 11) is 1.59. The second-order valence-electron chi connectivity index (χ2n) is 13.4. The van der Waals surface area contributed by atoms with Crippen LogP contribution in [-0.4, -0.2) is 104 Å². The molecule has 0 bridgehead atoms. The first-order valence-electron chi connectivity index (χ1n) is 17.3. The van der Waals surface area contributed by atoms with Gasteiger partial charge in [-0.15, -0.1) is 16.4 Å². The third-order valence-electron chi connectivity index (χ3n) is 10.0. The number of hydrogen-bond donors (Lipinski definition) is 3. The number of ether oxygens (including phenoxy) is 3. The largest absolute Gasteiger partial charge is 0.497 e. The number of aromatic nitrogens is 4. The number of methoxy groups -OCH3 is 1. The minimum atomic E-state index is -1.45. The smallest absolute Gasteiger partial charge is 0.408 e. The predicted octanol–water partition coefficient (Wildman–Crippen LogP) is 3.58. The zero-order valence-electron chi connectivity index (χ0n) is 28.2. The summed E-state index contributed by atoms with van der Waals surface area (Å²) in [5.74, 6) is -1.82. The highest BCUT2D eigenvalue weighted by Gasteiger charge is 2.61. The normalized spacial score (nSPS) is 28.8. The molecule has 16 heteroatoms. The van der Waals surface area contributed by atoms with Crippen molar-refractivity contribution in [1.29, 1.82) is 0 Å². The van der Waals surface area contributed by atoms with Gasteiger partial charge in [-0.2, -0.15) is 9.90 Å². The first kappa shape index (κ1) is 34.6. The topological polar surface area (TPSA) is 187 Å². The first-order chi connectivity index (χ1) is 24.8. The minimum absolute atomic E-state index is 0.0536. The van der Waals surface area contributed by atoms with Crippen LogP contribution in [0.3, 0.4) is 0 Å². The molecule has 3 aliphatic heterocycles. The highest BCUT2D eigenvalue weighted by Crippen LogP contribution is 2.46. The van der Waals surface area contributed by atoms with Crippen molar-refractivity contribution in [2.45, 2.75) is 81.1 Å². The summed E-state index contributed by atoms with van der Waals surface area (Å²) in [6.07, 6.45) is 8.70. The van der Waals surface area contributed by atoms with Gasteiger partial charge in [0.1, 0.15) is 45.9 Å². The summed E-state index contributed by atoms with van der Waals surface area (Å²) in [6.45, 7) is 0.837. The molecular formula is C35H41N7O8S. The fourth-order valence-electron chi connectivity index (χ4n) is 7.09. The van der Waals surface area contributed by atoms with Crippen LogP contribution in [0.5, 0.6) is 5.75 Å². The van der Waals surface area contributed by atoms with Gasteiger partial charge in [0.25, 0.3) is 0 Å². The molecular weight excluding hydrogens is 678 g/mol. The van der Waals surface area contributed by atoms with Crippen LogP contribution in [0.2, 0.25) is 0 Å². The number of hydrogen-bond acceptors (Lipinski definition) is 11. The molecule has 7 rings (SSSR count). The zero-order valence-corrected chi connectivity index (χ0v) is 29.0. The van der Waals surface area contributed by atoms with Crippen molar-refractivity contribution in [3.8, 4) is 27.7 Å². The minimum Gasteiger partial charge on any atom is -0.497 e. The fraction of sp³-hybridized carbons (Fsp3) is 0.514. The molecule has 3 fully saturated rings. The number of alkyl carbamates (subject to hydrolysis) is 1. The number of aliphatic carboxylic acids is 1. The maximum Gasteiger partial charge on any atom is 0.408 e. The highest BCUT2D eigenvalue weighted by molar-refractivity contribution is 7.13. The van der Waals surface area contributed by atoms with Gasteiger partial charge in [-0.25, -0.2) is 14.6 Å². The SMILES string of the molecule is COc1ccc(-c2nn([C@@H]3C[C@H]4C(=O)N[C@]5(C(=O)O)C[C@@H]5/C=C\CCCCC[C@H](NC(=O)O[C@H]5CCOC5)C(=O)N4C3)nc2-c2nccs2)cc1. The number of nitrogens with one attached hydrogen (secondary N) is 2. The molecule has 1 aromatic carbocycles. The number of carboxylic acid groups (broad SMARTS) is 1. The number of allylic oxidation sites excluding steroid dienone is 1. The highest BCUT2D eigenvalue weighted by atomic mass is 32.1. The molecule has 15 nitrogen and oxygen atoms in total. The quantitative estimate of drug-likeness (QED) is 0.303. The average Bonchev–Trinajstić information content (AvgIpc) is 3.77. The van der Waals surface area contributed by atoms with Crippen molar-refractivity contribution in [1.82, 2.24) is 35.5 Å². The lowest BCUT2D eigenvalue weighted by Gasteiger charge is -2.29. The van der Waals surface area contributed by atoms with Gasteiger partial charge >= 0.3 is 12.1 Å². The van der Waals surface area contributed by atoms with Crippen LogP contribution >= 0.6 is 11.3 Å². The fourth-order valence-corrected chi connectivity index (χ4v) is 7.71. The second-order valence-corrected chi connectivity index (χ2v) is 14.3. The Morgan fingerprint density at radius 2 is 1.94 bits per heavy atom. The van der Waals surface area contributed by atoms with Crippen LogP contribution in [0, 0.1) is 5.92 Å². The Labute approximate surface area is 298 Å². The van der Waals surface area contributed by atoms with Crippen LogP contribution in [0.1, 0.15) is 57.4 Å². The molecule has 51 heavy (non-hydrogen) atoms. The third-order valence-corrected chi connectivity index (χ3v) is 10.8. The molecule has 3 N–H and O–H groups in total. The first-order valence-corrected chi connectivity index (χ1v) is 18.2. The van der Waals surface area contributed by atoms with E-state index in [1.807, 2.05) is 41.8 Å². The van der Waals surface area contributed by atoms with Gasteiger partial charge < -0.3 is 34.9 Å². The van der Waals surface area contributed by atoms with Crippen molar-refractivity contribution in [3.63, 3.8) is 0 Å². The van der Waals surface area contributed by atoms with E-state index in [0.29, 0.717) is 54.6 Å². The van der Waals surface area contributed by atoms with Gasteiger partial charge in [-0.05, 0) is 49.9 Å². The van der Waals surface area contributed by atoms with Crippen LogP contribution in [-0.2, 0) is 23.9 Å². The lowest BCUT2D eigenvalue weighted by atomic mass is 10.0. The number of rotatable bonds is 7. The van der Waals surface area contributed by atoms with Crippen LogP contribution in [0.25, 0.3) is 22.0 Å². The van der Waals surface area contributed by atoms with Crippen molar-refractivity contribution in [3.05, 3.63) is 48.0 Å². The van der Waals surface area contributed by atoms with E-state index in [9.17, 15) is 24.3 Å². The summed E-state index contributed by atoms with van der Waals surface area (Å²) in [5, 5.41) is 28.0. The molecule has 3 amide bonds. The van der Waals surface area contributed by atoms with E-state index in [2.05, 4.69) is 15.6 Å². The molecule has 0 spiro atoms. The average molecular weight is 720 g/mol. The van der Waals surface area contributed by atoms with Crippen molar-refractivity contribution >= 4 is 35.2 Å². The molecule has 6 atom stereocenters. The maximum atomic E-state index is 14.5. The molecule has 0 unspecified atom stereocenters. The van der Waals surface area contributed by atoms with Crippen LogP contribution < -0.4 is 15.4 Å². The Morgan fingerprint density at radius 3 is 2.67 bits per heavy atom. The number of thiazole rings is 1. The van der Waals surface area contributed by atoms with E-state index >= 15 is 0 Å². The van der Waals surface area contributed by atoms with E-state index in [1.54, 1.807) is 13.3 Å². The number of benzene rings is 1. The second kappa shape index (κ2) is 14.8.